The molecule has 0 saturated heterocycles. The van der Waals surface area contributed by atoms with Crippen molar-refractivity contribution >= 4 is 23.3 Å². The maximum Gasteiger partial charge on any atom is 0.276 e. The molecule has 148 valence electrons. The second-order valence-electron chi connectivity index (χ2n) is 7.53. The van der Waals surface area contributed by atoms with E-state index in [4.69, 9.17) is 0 Å². The van der Waals surface area contributed by atoms with Gasteiger partial charge in [0, 0.05) is 17.5 Å². The number of benzene rings is 1. The van der Waals surface area contributed by atoms with Gasteiger partial charge in [0.05, 0.1) is 0 Å². The van der Waals surface area contributed by atoms with Crippen molar-refractivity contribution in [1.82, 2.24) is 19.8 Å². The molecule has 0 radical (unpaired) electrons. The summed E-state index contributed by atoms with van der Waals surface area (Å²) in [4.78, 5) is 28.1. The van der Waals surface area contributed by atoms with Crippen molar-refractivity contribution in [3.05, 3.63) is 46.7 Å². The van der Waals surface area contributed by atoms with Crippen LogP contribution in [0.5, 0.6) is 0 Å². The number of nitrogens with one attached hydrogen (secondary N) is 1. The van der Waals surface area contributed by atoms with E-state index in [0.29, 0.717) is 5.56 Å². The average Bonchev–Trinajstić information content (AvgIpc) is 3.39. The summed E-state index contributed by atoms with van der Waals surface area (Å²) < 4.78 is 17.3. The third kappa shape index (κ3) is 4.22. The number of rotatable bonds is 6. The van der Waals surface area contributed by atoms with Crippen molar-refractivity contribution in [2.24, 2.45) is 0 Å². The van der Waals surface area contributed by atoms with Crippen LogP contribution in [0.25, 0.3) is 0 Å². The van der Waals surface area contributed by atoms with Crippen molar-refractivity contribution in [1.29, 1.82) is 0 Å². The molecule has 0 aliphatic heterocycles. The molecule has 2 saturated carbocycles. The maximum absolute atomic E-state index is 13.5. The number of carbonyl (C=O) groups is 2. The monoisotopic (exact) mass is 402 g/mol. The predicted octanol–water partition coefficient (Wildman–Crippen LogP) is 3.47. The standard InChI is InChI=1S/C20H23FN4O2S/c21-14-8-6-13(7-9-14)18(19(26)22-15-4-2-1-3-5-15)25(16-10-11-16)20(27)17-12-28-24-23-17/h6-9,12,15-16,18H,1-5,10-11H2,(H,22,26)/t18-/m1/s1. The lowest BCUT2D eigenvalue weighted by atomic mass is 9.94. The SMILES string of the molecule is O=C(NC1CCCCC1)[C@@H](c1ccc(F)cc1)N(C(=O)c1csnn1)C1CC1. The van der Waals surface area contributed by atoms with Crippen molar-refractivity contribution in [2.45, 2.75) is 63.1 Å². The molecule has 2 fully saturated rings. The number of carbonyl (C=O) groups excluding carboxylic acids is 2. The van der Waals surface area contributed by atoms with Gasteiger partial charge in [-0.1, -0.05) is 35.9 Å². The Labute approximate surface area is 167 Å². The van der Waals surface area contributed by atoms with Gasteiger partial charge in [-0.05, 0) is 54.9 Å². The second kappa shape index (κ2) is 8.34. The Morgan fingerprint density at radius 1 is 1.11 bits per heavy atom. The molecule has 0 unspecified atom stereocenters. The van der Waals surface area contributed by atoms with E-state index in [2.05, 4.69) is 14.9 Å². The number of hydrogen-bond donors (Lipinski definition) is 1. The van der Waals surface area contributed by atoms with Crippen LogP contribution in [-0.2, 0) is 4.79 Å². The molecule has 28 heavy (non-hydrogen) atoms. The van der Waals surface area contributed by atoms with Gasteiger partial charge < -0.3 is 10.2 Å². The molecule has 2 aromatic rings. The molecule has 1 aromatic heterocycles. The van der Waals surface area contributed by atoms with Crippen molar-refractivity contribution < 1.29 is 14.0 Å². The second-order valence-corrected chi connectivity index (χ2v) is 8.14. The molecule has 0 spiro atoms. The van der Waals surface area contributed by atoms with Gasteiger partial charge in [-0.25, -0.2) is 4.39 Å². The quantitative estimate of drug-likeness (QED) is 0.803. The predicted molar refractivity (Wildman–Crippen MR) is 103 cm³/mol. The van der Waals surface area contributed by atoms with Crippen LogP contribution >= 0.6 is 11.5 Å². The van der Waals surface area contributed by atoms with Gasteiger partial charge in [0.15, 0.2) is 5.69 Å². The molecule has 4 rings (SSSR count). The minimum Gasteiger partial charge on any atom is -0.351 e. The van der Waals surface area contributed by atoms with Crippen LogP contribution in [0.4, 0.5) is 4.39 Å². The molecule has 2 aliphatic carbocycles. The zero-order valence-electron chi connectivity index (χ0n) is 15.5. The number of amides is 2. The molecule has 1 N–H and O–H groups in total. The summed E-state index contributed by atoms with van der Waals surface area (Å²) in [6.45, 7) is 0. The molecule has 1 atom stereocenters. The van der Waals surface area contributed by atoms with E-state index in [1.165, 1.54) is 18.6 Å². The fourth-order valence-corrected chi connectivity index (χ4v) is 4.28. The molecule has 1 aromatic carbocycles. The summed E-state index contributed by atoms with van der Waals surface area (Å²) in [5.74, 6) is -0.880. The van der Waals surface area contributed by atoms with Gasteiger partial charge in [-0.15, -0.1) is 5.10 Å². The Hall–Kier alpha value is -2.35. The molecule has 2 amide bonds. The van der Waals surface area contributed by atoms with E-state index < -0.39 is 6.04 Å². The van der Waals surface area contributed by atoms with Crippen LogP contribution in [0.3, 0.4) is 0 Å². The Bertz CT molecular complexity index is 817. The first-order valence-electron chi connectivity index (χ1n) is 9.79. The smallest absolute Gasteiger partial charge is 0.276 e. The lowest BCUT2D eigenvalue weighted by Crippen LogP contribution is -2.48. The largest absolute Gasteiger partial charge is 0.351 e. The van der Waals surface area contributed by atoms with Crippen LogP contribution < -0.4 is 5.32 Å². The summed E-state index contributed by atoms with van der Waals surface area (Å²) in [6, 6.07) is 5.14. The van der Waals surface area contributed by atoms with E-state index in [1.54, 1.807) is 22.4 Å². The van der Waals surface area contributed by atoms with Gasteiger partial charge in [0.25, 0.3) is 5.91 Å². The van der Waals surface area contributed by atoms with E-state index in [-0.39, 0.29) is 35.4 Å². The average molecular weight is 402 g/mol. The third-order valence-corrected chi connectivity index (χ3v) is 5.92. The van der Waals surface area contributed by atoms with Gasteiger partial charge in [0.2, 0.25) is 5.91 Å². The van der Waals surface area contributed by atoms with Gasteiger partial charge in [-0.3, -0.25) is 9.59 Å². The fourth-order valence-electron chi connectivity index (χ4n) is 3.85. The van der Waals surface area contributed by atoms with Crippen molar-refractivity contribution in [3.8, 4) is 0 Å². The molecule has 1 heterocycles. The summed E-state index contributed by atoms with van der Waals surface area (Å²) in [5.41, 5.74) is 0.854. The minimum absolute atomic E-state index is 0.0126. The fraction of sp³-hybridized carbons (Fsp3) is 0.500. The molecule has 8 heteroatoms. The van der Waals surface area contributed by atoms with Gasteiger partial charge in [-0.2, -0.15) is 0 Å². The lowest BCUT2D eigenvalue weighted by molar-refractivity contribution is -0.127. The highest BCUT2D eigenvalue weighted by atomic mass is 32.1. The Morgan fingerprint density at radius 2 is 1.82 bits per heavy atom. The van der Waals surface area contributed by atoms with E-state index in [1.807, 2.05) is 0 Å². The number of nitrogens with zero attached hydrogens (tertiary/aromatic N) is 3. The first-order valence-corrected chi connectivity index (χ1v) is 10.6. The number of hydrogen-bond acceptors (Lipinski definition) is 5. The molecular weight excluding hydrogens is 379 g/mol. The molecule has 6 nitrogen and oxygen atoms in total. The van der Waals surface area contributed by atoms with Crippen LogP contribution in [0.2, 0.25) is 0 Å². The highest BCUT2D eigenvalue weighted by Gasteiger charge is 2.42. The summed E-state index contributed by atoms with van der Waals surface area (Å²) >= 11 is 1.11. The third-order valence-electron chi connectivity index (χ3n) is 5.42. The molecular formula is C20H23FN4O2S. The number of halogens is 1. The van der Waals surface area contributed by atoms with Crippen LogP contribution in [-0.4, -0.2) is 38.4 Å². The minimum atomic E-state index is -0.802. The summed E-state index contributed by atoms with van der Waals surface area (Å²) in [7, 11) is 0. The maximum atomic E-state index is 13.5. The van der Waals surface area contributed by atoms with Crippen LogP contribution in [0.1, 0.15) is 67.0 Å². The van der Waals surface area contributed by atoms with Crippen LogP contribution in [0.15, 0.2) is 29.6 Å². The number of aromatic nitrogens is 2. The molecule has 2 aliphatic rings. The van der Waals surface area contributed by atoms with E-state index >= 15 is 0 Å². The first kappa shape index (κ1) is 19.0. The highest BCUT2D eigenvalue weighted by molar-refractivity contribution is 7.03. The zero-order chi connectivity index (χ0) is 19.5. The van der Waals surface area contributed by atoms with E-state index in [9.17, 15) is 14.0 Å². The topological polar surface area (TPSA) is 75.2 Å². The van der Waals surface area contributed by atoms with E-state index in [0.717, 1.165) is 50.1 Å². The molecule has 0 bridgehead atoms. The Kier molecular flexibility index (Phi) is 5.66. The lowest BCUT2D eigenvalue weighted by Gasteiger charge is -2.33. The van der Waals surface area contributed by atoms with Gasteiger partial charge in [0.1, 0.15) is 11.9 Å². The normalized spacial score (nSPS) is 18.5. The summed E-state index contributed by atoms with van der Waals surface area (Å²) in [5, 5.41) is 8.63. The zero-order valence-corrected chi connectivity index (χ0v) is 16.3. The Balaban J connectivity index is 1.65. The van der Waals surface area contributed by atoms with Gasteiger partial charge >= 0.3 is 0 Å². The summed E-state index contributed by atoms with van der Waals surface area (Å²) in [6.07, 6.45) is 6.99. The Morgan fingerprint density at radius 3 is 2.43 bits per heavy atom. The highest BCUT2D eigenvalue weighted by Crippen LogP contribution is 2.36. The van der Waals surface area contributed by atoms with Crippen LogP contribution in [0, 0.1) is 5.82 Å². The first-order chi connectivity index (χ1) is 13.6. The van der Waals surface area contributed by atoms with Crippen molar-refractivity contribution in [3.63, 3.8) is 0 Å². The van der Waals surface area contributed by atoms with Crippen molar-refractivity contribution in [2.75, 3.05) is 0 Å².